The summed E-state index contributed by atoms with van der Waals surface area (Å²) in [7, 11) is 0. The summed E-state index contributed by atoms with van der Waals surface area (Å²) in [6.07, 6.45) is 3.09. The Kier molecular flexibility index (Phi) is 1.52. The van der Waals surface area contributed by atoms with Gasteiger partial charge < -0.3 is 5.32 Å². The molecule has 0 radical (unpaired) electrons. The van der Waals surface area contributed by atoms with Crippen molar-refractivity contribution in [2.75, 3.05) is 0 Å². The molecule has 0 aromatic heterocycles. The third-order valence-electron chi connectivity index (χ3n) is 1.51. The Bertz CT molecular complexity index is 305. The lowest BCUT2D eigenvalue weighted by atomic mass is 10.1. The van der Waals surface area contributed by atoms with E-state index in [1.807, 2.05) is 0 Å². The Hall–Kier alpha value is -0.720. The number of halogens is 1. The predicted molar refractivity (Wildman–Crippen MR) is 50.0 cm³/mol. The summed E-state index contributed by atoms with van der Waals surface area (Å²) in [5.41, 5.74) is 0.497. The first kappa shape index (κ1) is 6.96. The normalized spacial score (nSPS) is 27.4. The summed E-state index contributed by atoms with van der Waals surface area (Å²) in [6.45, 7) is 0. The van der Waals surface area contributed by atoms with Crippen LogP contribution in [0.5, 0.6) is 0 Å². The number of hydrogen-bond acceptors (Lipinski definition) is 3. The molecule has 2 aliphatic rings. The van der Waals surface area contributed by atoms with Crippen LogP contribution in [-0.2, 0) is 4.79 Å². The number of fused-ring (bicyclic) bond motifs is 1. The van der Waals surface area contributed by atoms with Crippen molar-refractivity contribution in [2.24, 2.45) is 9.98 Å². The van der Waals surface area contributed by atoms with Gasteiger partial charge in [0.1, 0.15) is 18.1 Å². The number of rotatable bonds is 0. The average Bonchev–Trinajstić information content (AvgIpc) is 2.45. The van der Waals surface area contributed by atoms with E-state index >= 15 is 0 Å². The first-order valence-electron chi connectivity index (χ1n) is 3.05. The minimum atomic E-state index is -0.145. The molecule has 0 aromatic rings. The number of amides is 1. The number of nitrogens with zero attached hydrogens (tertiary/aromatic N) is 2. The summed E-state index contributed by atoms with van der Waals surface area (Å²) in [5.74, 6) is -0.145. The zero-order valence-corrected chi connectivity index (χ0v) is 7.57. The van der Waals surface area contributed by atoms with Crippen LogP contribution in [0.4, 0.5) is 0 Å². The van der Waals surface area contributed by atoms with Gasteiger partial charge in [-0.1, -0.05) is 0 Å². The molecular weight excluding hydrogens is 257 g/mol. The van der Waals surface area contributed by atoms with Gasteiger partial charge in [0.05, 0.1) is 0 Å². The molecule has 0 aliphatic carbocycles. The van der Waals surface area contributed by atoms with E-state index in [1.165, 1.54) is 6.34 Å². The molecule has 1 amide bonds. The van der Waals surface area contributed by atoms with Gasteiger partial charge in [0.2, 0.25) is 0 Å². The molecule has 1 unspecified atom stereocenters. The highest BCUT2D eigenvalue weighted by Crippen LogP contribution is 2.21. The molecule has 2 heterocycles. The van der Waals surface area contributed by atoms with Crippen molar-refractivity contribution in [2.45, 2.75) is 6.04 Å². The second-order valence-electron chi connectivity index (χ2n) is 2.18. The Morgan fingerprint density at radius 1 is 1.64 bits per heavy atom. The van der Waals surface area contributed by atoms with E-state index in [1.54, 1.807) is 6.20 Å². The van der Waals surface area contributed by atoms with E-state index in [0.29, 0.717) is 5.71 Å². The lowest BCUT2D eigenvalue weighted by Crippen LogP contribution is -2.38. The maximum atomic E-state index is 11.1. The van der Waals surface area contributed by atoms with Gasteiger partial charge in [-0.25, -0.2) is 4.99 Å². The first-order valence-corrected chi connectivity index (χ1v) is 4.12. The molecule has 0 saturated heterocycles. The highest BCUT2D eigenvalue weighted by molar-refractivity contribution is 14.1. The van der Waals surface area contributed by atoms with Gasteiger partial charge in [0.25, 0.3) is 5.91 Å². The largest absolute Gasteiger partial charge is 0.327 e. The van der Waals surface area contributed by atoms with Gasteiger partial charge in [0, 0.05) is 9.78 Å². The molecule has 5 heteroatoms. The van der Waals surface area contributed by atoms with E-state index < -0.39 is 0 Å². The van der Waals surface area contributed by atoms with Crippen molar-refractivity contribution in [1.82, 2.24) is 5.32 Å². The summed E-state index contributed by atoms with van der Waals surface area (Å²) in [4.78, 5) is 18.9. The van der Waals surface area contributed by atoms with Crippen molar-refractivity contribution in [1.29, 1.82) is 0 Å². The smallest absolute Gasteiger partial charge is 0.272 e. The fourth-order valence-corrected chi connectivity index (χ4v) is 1.59. The molecular formula is C6H4IN3O. The third kappa shape index (κ3) is 0.991. The second-order valence-corrected chi connectivity index (χ2v) is 3.43. The molecule has 2 rings (SSSR count). The molecule has 2 aliphatic heterocycles. The quantitative estimate of drug-likeness (QED) is 0.624. The molecule has 0 aromatic carbocycles. The van der Waals surface area contributed by atoms with Gasteiger partial charge >= 0.3 is 0 Å². The van der Waals surface area contributed by atoms with Crippen LogP contribution in [0.2, 0.25) is 0 Å². The van der Waals surface area contributed by atoms with Crippen LogP contribution in [0, 0.1) is 0 Å². The topological polar surface area (TPSA) is 53.8 Å². The summed E-state index contributed by atoms with van der Waals surface area (Å²) < 4.78 is 0.995. The monoisotopic (exact) mass is 261 g/mol. The first-order chi connectivity index (χ1) is 5.29. The van der Waals surface area contributed by atoms with E-state index in [0.717, 1.165) is 3.58 Å². The molecule has 11 heavy (non-hydrogen) atoms. The number of nitrogens with one attached hydrogen (secondary N) is 1. The lowest BCUT2D eigenvalue weighted by molar-refractivity contribution is -0.114. The fourth-order valence-electron chi connectivity index (χ4n) is 0.975. The Balaban J connectivity index is 2.44. The van der Waals surface area contributed by atoms with E-state index in [-0.39, 0.29) is 11.9 Å². The van der Waals surface area contributed by atoms with Gasteiger partial charge in [-0.15, -0.1) is 0 Å². The van der Waals surface area contributed by atoms with Crippen LogP contribution in [0.25, 0.3) is 0 Å². The molecule has 0 bridgehead atoms. The van der Waals surface area contributed by atoms with Crippen LogP contribution in [0.1, 0.15) is 0 Å². The minimum absolute atomic E-state index is 0.135. The predicted octanol–water partition coefficient (Wildman–Crippen LogP) is 0.244. The lowest BCUT2D eigenvalue weighted by Gasteiger charge is -2.14. The number of aliphatic imine (C=N–C) groups is 2. The number of carbonyl (C=O) groups is 1. The number of carbonyl (C=O) groups excluding carboxylic acids is 1. The van der Waals surface area contributed by atoms with Gasteiger partial charge in [-0.2, -0.15) is 0 Å². The maximum Gasteiger partial charge on any atom is 0.272 e. The maximum absolute atomic E-state index is 11.1. The van der Waals surface area contributed by atoms with E-state index in [4.69, 9.17) is 0 Å². The zero-order chi connectivity index (χ0) is 7.84. The summed E-state index contributed by atoms with van der Waals surface area (Å²) >= 11 is 2.14. The molecule has 4 nitrogen and oxygen atoms in total. The average molecular weight is 261 g/mol. The van der Waals surface area contributed by atoms with E-state index in [9.17, 15) is 4.79 Å². The molecule has 0 spiro atoms. The van der Waals surface area contributed by atoms with Crippen LogP contribution in [0.15, 0.2) is 19.8 Å². The molecule has 0 fully saturated rings. The van der Waals surface area contributed by atoms with Crippen LogP contribution in [0.3, 0.4) is 0 Å². The van der Waals surface area contributed by atoms with Crippen LogP contribution in [-0.4, -0.2) is 24.0 Å². The second kappa shape index (κ2) is 2.40. The molecule has 1 N–H and O–H groups in total. The standard InChI is InChI=1S/C6H4IN3O/c7-3-1-8-6(11)5-4(3)9-2-10-5/h1-2,4H,(H,8,11). The Morgan fingerprint density at radius 2 is 2.45 bits per heavy atom. The summed E-state index contributed by atoms with van der Waals surface area (Å²) in [6, 6.07) is -0.135. The highest BCUT2D eigenvalue weighted by Gasteiger charge is 2.30. The SMILES string of the molecule is O=C1NC=C(I)C2N=CN=C12. The van der Waals surface area contributed by atoms with E-state index in [2.05, 4.69) is 37.9 Å². The minimum Gasteiger partial charge on any atom is -0.327 e. The van der Waals surface area contributed by atoms with Crippen LogP contribution < -0.4 is 5.32 Å². The molecule has 0 saturated carbocycles. The number of hydrogen-bond donors (Lipinski definition) is 1. The van der Waals surface area contributed by atoms with Gasteiger partial charge in [0.15, 0.2) is 0 Å². The highest BCUT2D eigenvalue weighted by atomic mass is 127. The van der Waals surface area contributed by atoms with Gasteiger partial charge in [-0.05, 0) is 22.6 Å². The third-order valence-corrected chi connectivity index (χ3v) is 2.41. The van der Waals surface area contributed by atoms with Crippen molar-refractivity contribution in [3.63, 3.8) is 0 Å². The van der Waals surface area contributed by atoms with Crippen molar-refractivity contribution >= 4 is 40.5 Å². The van der Waals surface area contributed by atoms with Gasteiger partial charge in [-0.3, -0.25) is 9.79 Å². The zero-order valence-electron chi connectivity index (χ0n) is 5.41. The van der Waals surface area contributed by atoms with Crippen molar-refractivity contribution in [3.8, 4) is 0 Å². The Labute approximate surface area is 76.6 Å². The van der Waals surface area contributed by atoms with Crippen molar-refractivity contribution in [3.05, 3.63) is 9.78 Å². The molecule has 56 valence electrons. The van der Waals surface area contributed by atoms with Crippen molar-refractivity contribution < 1.29 is 4.79 Å². The Morgan fingerprint density at radius 3 is 3.18 bits per heavy atom. The van der Waals surface area contributed by atoms with Crippen LogP contribution >= 0.6 is 22.6 Å². The fraction of sp³-hybridized carbons (Fsp3) is 0.167. The molecule has 1 atom stereocenters. The summed E-state index contributed by atoms with van der Waals surface area (Å²) in [5, 5.41) is 2.58.